The number of allylic oxidation sites excluding steroid dienone is 1. The van der Waals surface area contributed by atoms with Crippen LogP contribution in [-0.4, -0.2) is 11.7 Å². The molecule has 3 heteroatoms. The lowest BCUT2D eigenvalue weighted by atomic mass is 10.0. The SMILES string of the molecule is CC(C)CC/C=C\CC(NC(=O)OC(C)(C)C)c1ccccc1. The second-order valence-electron chi connectivity index (χ2n) is 7.29. The van der Waals surface area contributed by atoms with Gasteiger partial charge in [0.25, 0.3) is 0 Å². The third-order valence-electron chi connectivity index (χ3n) is 3.34. The highest BCUT2D eigenvalue weighted by molar-refractivity contribution is 5.68. The fourth-order valence-electron chi connectivity index (χ4n) is 2.19. The quantitative estimate of drug-likeness (QED) is 0.661. The fourth-order valence-corrected chi connectivity index (χ4v) is 2.19. The highest BCUT2D eigenvalue weighted by atomic mass is 16.6. The van der Waals surface area contributed by atoms with Gasteiger partial charge in [0.1, 0.15) is 5.60 Å². The predicted molar refractivity (Wildman–Crippen MR) is 96.4 cm³/mol. The summed E-state index contributed by atoms with van der Waals surface area (Å²) in [5, 5.41) is 2.98. The normalized spacial score (nSPS) is 13.3. The first-order valence-corrected chi connectivity index (χ1v) is 8.47. The molecule has 0 saturated heterocycles. The van der Waals surface area contributed by atoms with Crippen LogP contribution in [0.3, 0.4) is 0 Å². The Morgan fingerprint density at radius 1 is 1.17 bits per heavy atom. The van der Waals surface area contributed by atoms with Gasteiger partial charge < -0.3 is 10.1 Å². The zero-order valence-electron chi connectivity index (χ0n) is 15.1. The number of amides is 1. The first kappa shape index (κ1) is 19.3. The highest BCUT2D eigenvalue weighted by Gasteiger charge is 2.19. The van der Waals surface area contributed by atoms with E-state index in [-0.39, 0.29) is 12.1 Å². The predicted octanol–water partition coefficient (Wildman–Crippen LogP) is 5.63. The molecule has 0 spiro atoms. The Balaban J connectivity index is 2.65. The summed E-state index contributed by atoms with van der Waals surface area (Å²) < 4.78 is 5.37. The molecule has 3 nitrogen and oxygen atoms in total. The van der Waals surface area contributed by atoms with Crippen molar-refractivity contribution in [2.45, 2.75) is 65.5 Å². The molecule has 0 aliphatic rings. The van der Waals surface area contributed by atoms with Crippen molar-refractivity contribution in [3.8, 4) is 0 Å². The Kier molecular flexibility index (Phi) is 7.87. The van der Waals surface area contributed by atoms with Crippen molar-refractivity contribution in [1.29, 1.82) is 0 Å². The monoisotopic (exact) mass is 317 g/mol. The van der Waals surface area contributed by atoms with Crippen molar-refractivity contribution in [2.75, 3.05) is 0 Å². The average molecular weight is 317 g/mol. The maximum atomic E-state index is 12.1. The number of carbonyl (C=O) groups excluding carboxylic acids is 1. The molecule has 1 aromatic carbocycles. The van der Waals surface area contributed by atoms with E-state index in [1.807, 2.05) is 51.1 Å². The number of carbonyl (C=O) groups is 1. The molecule has 1 N–H and O–H groups in total. The first-order chi connectivity index (χ1) is 10.8. The van der Waals surface area contributed by atoms with Gasteiger partial charge in [0.2, 0.25) is 0 Å². The Labute approximate surface area is 141 Å². The van der Waals surface area contributed by atoms with Gasteiger partial charge in [-0.25, -0.2) is 4.79 Å². The third kappa shape index (κ3) is 9.07. The maximum Gasteiger partial charge on any atom is 0.408 e. The summed E-state index contributed by atoms with van der Waals surface area (Å²) in [5.74, 6) is 0.712. The van der Waals surface area contributed by atoms with E-state index in [1.165, 1.54) is 6.42 Å². The summed E-state index contributed by atoms with van der Waals surface area (Å²) in [5.41, 5.74) is 0.602. The molecular formula is C20H31NO2. The number of benzene rings is 1. The lowest BCUT2D eigenvalue weighted by molar-refractivity contribution is 0.0504. The lowest BCUT2D eigenvalue weighted by Crippen LogP contribution is -2.34. The van der Waals surface area contributed by atoms with Gasteiger partial charge in [0, 0.05) is 0 Å². The van der Waals surface area contributed by atoms with Crippen LogP contribution in [-0.2, 0) is 4.74 Å². The van der Waals surface area contributed by atoms with Crippen LogP contribution in [0.4, 0.5) is 4.79 Å². The lowest BCUT2D eigenvalue weighted by Gasteiger charge is -2.23. The van der Waals surface area contributed by atoms with Crippen LogP contribution in [0, 0.1) is 5.92 Å². The molecule has 0 saturated carbocycles. The van der Waals surface area contributed by atoms with Gasteiger partial charge in [-0.3, -0.25) is 0 Å². The summed E-state index contributed by atoms with van der Waals surface area (Å²) in [6, 6.07) is 9.95. The molecule has 0 fully saturated rings. The van der Waals surface area contributed by atoms with Gasteiger partial charge in [0.05, 0.1) is 6.04 Å². The largest absolute Gasteiger partial charge is 0.444 e. The van der Waals surface area contributed by atoms with Gasteiger partial charge >= 0.3 is 6.09 Å². The Morgan fingerprint density at radius 2 is 1.83 bits per heavy atom. The number of rotatable bonds is 7. The number of alkyl carbamates (subject to hydrolysis) is 1. The van der Waals surface area contributed by atoms with Gasteiger partial charge in [-0.05, 0) is 51.5 Å². The van der Waals surface area contributed by atoms with Crippen LogP contribution in [0.15, 0.2) is 42.5 Å². The molecule has 0 bridgehead atoms. The van der Waals surface area contributed by atoms with E-state index >= 15 is 0 Å². The zero-order chi connectivity index (χ0) is 17.3. The molecule has 1 aromatic rings. The molecule has 23 heavy (non-hydrogen) atoms. The minimum absolute atomic E-state index is 0.0682. The van der Waals surface area contributed by atoms with Gasteiger partial charge in [0.15, 0.2) is 0 Å². The molecular weight excluding hydrogens is 286 g/mol. The van der Waals surface area contributed by atoms with E-state index in [0.717, 1.165) is 18.4 Å². The van der Waals surface area contributed by atoms with Gasteiger partial charge in [-0.15, -0.1) is 0 Å². The van der Waals surface area contributed by atoms with Crippen LogP contribution in [0.25, 0.3) is 0 Å². The molecule has 0 aliphatic heterocycles. The van der Waals surface area contributed by atoms with Crippen molar-refractivity contribution >= 4 is 6.09 Å². The second-order valence-corrected chi connectivity index (χ2v) is 7.29. The zero-order valence-corrected chi connectivity index (χ0v) is 15.1. The fraction of sp³-hybridized carbons (Fsp3) is 0.550. The van der Waals surface area contributed by atoms with E-state index in [9.17, 15) is 4.79 Å². The molecule has 1 unspecified atom stereocenters. The summed E-state index contributed by atoms with van der Waals surface area (Å²) in [6.45, 7) is 10.1. The molecule has 128 valence electrons. The number of nitrogens with one attached hydrogen (secondary N) is 1. The molecule has 1 atom stereocenters. The molecule has 0 aromatic heterocycles. The summed E-state index contributed by atoms with van der Waals surface area (Å²) in [6.07, 6.45) is 7.00. The van der Waals surface area contributed by atoms with Crippen LogP contribution < -0.4 is 5.32 Å². The third-order valence-corrected chi connectivity index (χ3v) is 3.34. The van der Waals surface area contributed by atoms with Crippen LogP contribution >= 0.6 is 0 Å². The van der Waals surface area contributed by atoms with Crippen LogP contribution in [0.2, 0.25) is 0 Å². The van der Waals surface area contributed by atoms with Crippen molar-refractivity contribution in [3.63, 3.8) is 0 Å². The van der Waals surface area contributed by atoms with Gasteiger partial charge in [-0.2, -0.15) is 0 Å². The number of hydrogen-bond donors (Lipinski definition) is 1. The molecule has 0 radical (unpaired) electrons. The molecule has 0 heterocycles. The van der Waals surface area contributed by atoms with E-state index in [0.29, 0.717) is 5.92 Å². The van der Waals surface area contributed by atoms with Crippen molar-refractivity contribution in [1.82, 2.24) is 5.32 Å². The van der Waals surface area contributed by atoms with E-state index in [1.54, 1.807) is 0 Å². The Morgan fingerprint density at radius 3 is 2.39 bits per heavy atom. The average Bonchev–Trinajstić information content (AvgIpc) is 2.44. The summed E-state index contributed by atoms with van der Waals surface area (Å²) in [4.78, 5) is 12.1. The highest BCUT2D eigenvalue weighted by Crippen LogP contribution is 2.19. The molecule has 1 rings (SSSR count). The topological polar surface area (TPSA) is 38.3 Å². The minimum Gasteiger partial charge on any atom is -0.444 e. The van der Waals surface area contributed by atoms with E-state index < -0.39 is 5.60 Å². The second kappa shape index (κ2) is 9.39. The van der Waals surface area contributed by atoms with Crippen molar-refractivity contribution in [2.24, 2.45) is 5.92 Å². The maximum absolute atomic E-state index is 12.1. The van der Waals surface area contributed by atoms with Gasteiger partial charge in [-0.1, -0.05) is 56.3 Å². The minimum atomic E-state index is -0.488. The summed E-state index contributed by atoms with van der Waals surface area (Å²) in [7, 11) is 0. The molecule has 0 aliphatic carbocycles. The Hall–Kier alpha value is -1.77. The summed E-state index contributed by atoms with van der Waals surface area (Å²) >= 11 is 0. The van der Waals surface area contributed by atoms with Crippen molar-refractivity contribution in [3.05, 3.63) is 48.0 Å². The van der Waals surface area contributed by atoms with E-state index in [4.69, 9.17) is 4.74 Å². The Bertz CT molecular complexity index is 486. The van der Waals surface area contributed by atoms with Crippen LogP contribution in [0.1, 0.15) is 65.5 Å². The van der Waals surface area contributed by atoms with E-state index in [2.05, 4.69) is 31.3 Å². The standard InChI is InChI=1S/C20H31NO2/c1-16(2)12-8-6-11-15-18(17-13-9-7-10-14-17)21-19(22)23-20(3,4)5/h6-7,9-11,13-14,16,18H,8,12,15H2,1-5H3,(H,21,22)/b11-6-. The smallest absolute Gasteiger partial charge is 0.408 e. The number of hydrogen-bond acceptors (Lipinski definition) is 2. The first-order valence-electron chi connectivity index (χ1n) is 8.47. The number of ether oxygens (including phenoxy) is 1. The molecule has 1 amide bonds. The van der Waals surface area contributed by atoms with Crippen LogP contribution in [0.5, 0.6) is 0 Å². The van der Waals surface area contributed by atoms with Crippen molar-refractivity contribution < 1.29 is 9.53 Å².